The summed E-state index contributed by atoms with van der Waals surface area (Å²) in [5, 5.41) is 26.1. The van der Waals surface area contributed by atoms with Crippen LogP contribution in [0.4, 0.5) is 0 Å². The fraction of sp³-hybridized carbons (Fsp3) is 0.364. The lowest BCUT2D eigenvalue weighted by atomic mass is 10.0. The van der Waals surface area contributed by atoms with Crippen molar-refractivity contribution in [3.05, 3.63) is 28.2 Å². The minimum absolute atomic E-state index is 0.0441. The summed E-state index contributed by atoms with van der Waals surface area (Å²) in [4.78, 5) is 11.0. The van der Waals surface area contributed by atoms with Gasteiger partial charge in [0, 0.05) is 0 Å². The van der Waals surface area contributed by atoms with Gasteiger partial charge in [-0.25, -0.2) is 0 Å². The Hall–Kier alpha value is -0.990. The van der Waals surface area contributed by atoms with Crippen molar-refractivity contribution in [2.75, 3.05) is 0 Å². The molecule has 0 radical (unpaired) electrons. The number of Topliss-reactive ketones (excluding diaryl/α,β-unsaturated/α-hetero) is 1. The second kappa shape index (κ2) is 5.77. The van der Waals surface area contributed by atoms with Gasteiger partial charge in [-0.3, -0.25) is 4.79 Å². The lowest BCUT2D eigenvalue weighted by molar-refractivity contribution is -0.419. The van der Waals surface area contributed by atoms with Gasteiger partial charge >= 0.3 is 6.16 Å². The molecule has 0 amide bonds. The Morgan fingerprint density at radius 3 is 2.56 bits per heavy atom. The number of aliphatic hydroxyl groups is 3. The molecule has 0 aliphatic rings. The van der Waals surface area contributed by atoms with Crippen molar-refractivity contribution in [3.63, 3.8) is 0 Å². The van der Waals surface area contributed by atoms with Gasteiger partial charge in [0.1, 0.15) is 11.5 Å². The van der Waals surface area contributed by atoms with Crippen LogP contribution in [-0.4, -0.2) is 33.3 Å². The van der Waals surface area contributed by atoms with E-state index in [9.17, 15) is 4.79 Å². The van der Waals surface area contributed by atoms with Crippen LogP contribution in [-0.2, 0) is 11.2 Å². The number of hydrogen-bond donors (Lipinski definition) is 4. The van der Waals surface area contributed by atoms with E-state index in [1.54, 1.807) is 12.1 Å². The first kappa shape index (κ1) is 15.1. The van der Waals surface area contributed by atoms with Gasteiger partial charge in [-0.15, -0.1) is 0 Å². The Balaban J connectivity index is 2.83. The highest BCUT2D eigenvalue weighted by Crippen LogP contribution is 2.28. The van der Waals surface area contributed by atoms with Crippen LogP contribution in [0.5, 0.6) is 5.75 Å². The van der Waals surface area contributed by atoms with E-state index in [1.165, 1.54) is 13.0 Å². The van der Waals surface area contributed by atoms with Gasteiger partial charge in [-0.2, -0.15) is 0 Å². The highest BCUT2D eigenvalue weighted by Gasteiger charge is 2.22. The molecule has 1 rings (SSSR count). The molecule has 100 valence electrons. The van der Waals surface area contributed by atoms with Gasteiger partial charge in [0.25, 0.3) is 0 Å². The molecule has 0 saturated heterocycles. The largest absolute Gasteiger partial charge is 0.453 e. The molecule has 0 saturated carbocycles. The molecule has 0 aliphatic carbocycles. The van der Waals surface area contributed by atoms with Crippen LogP contribution < -0.4 is 10.5 Å². The Labute approximate surface area is 112 Å². The van der Waals surface area contributed by atoms with Crippen molar-refractivity contribution >= 4 is 21.7 Å². The number of ether oxygens (including phenoxy) is 1. The molecular formula is C11H14BrNO5. The van der Waals surface area contributed by atoms with Crippen molar-refractivity contribution in [3.8, 4) is 5.75 Å². The second-order valence-corrected chi connectivity index (χ2v) is 4.72. The van der Waals surface area contributed by atoms with Gasteiger partial charge in [0.05, 0.1) is 10.5 Å². The minimum Gasteiger partial charge on any atom is -0.416 e. The maximum atomic E-state index is 11.0. The smallest absolute Gasteiger partial charge is 0.416 e. The van der Waals surface area contributed by atoms with Crippen LogP contribution in [0.1, 0.15) is 12.5 Å². The van der Waals surface area contributed by atoms with Gasteiger partial charge in [-0.05, 0) is 47.0 Å². The van der Waals surface area contributed by atoms with E-state index in [-0.39, 0.29) is 11.5 Å². The molecule has 0 heterocycles. The Kier molecular flexibility index (Phi) is 4.83. The number of nitrogens with two attached hydrogens (primary N) is 1. The molecule has 0 fully saturated rings. The van der Waals surface area contributed by atoms with E-state index < -0.39 is 12.2 Å². The molecule has 5 N–H and O–H groups in total. The van der Waals surface area contributed by atoms with E-state index in [4.69, 9.17) is 21.1 Å². The molecule has 7 heteroatoms. The summed E-state index contributed by atoms with van der Waals surface area (Å²) >= 11 is 3.14. The Bertz CT molecular complexity index is 444. The SMILES string of the molecule is CC(=O)[C@@H](N)Cc1ccc(OC(O)(O)O)c(Br)c1. The molecule has 0 bridgehead atoms. The molecule has 0 spiro atoms. The second-order valence-electron chi connectivity index (χ2n) is 3.86. The van der Waals surface area contributed by atoms with E-state index >= 15 is 0 Å². The lowest BCUT2D eigenvalue weighted by Crippen LogP contribution is -2.34. The molecule has 0 unspecified atom stereocenters. The third-order valence-corrected chi connectivity index (χ3v) is 2.84. The van der Waals surface area contributed by atoms with Gasteiger partial charge in [-0.1, -0.05) is 6.07 Å². The number of benzene rings is 1. The van der Waals surface area contributed by atoms with Crippen LogP contribution in [0, 0.1) is 0 Å². The lowest BCUT2D eigenvalue weighted by Gasteiger charge is -2.17. The van der Waals surface area contributed by atoms with Gasteiger partial charge in [0.15, 0.2) is 0 Å². The molecule has 0 aromatic heterocycles. The predicted molar refractivity (Wildman–Crippen MR) is 66.5 cm³/mol. The first-order valence-corrected chi connectivity index (χ1v) is 5.89. The molecule has 1 aromatic rings. The summed E-state index contributed by atoms with van der Waals surface area (Å²) in [6.45, 7) is 1.41. The highest BCUT2D eigenvalue weighted by molar-refractivity contribution is 9.10. The van der Waals surface area contributed by atoms with Crippen LogP contribution in [0.3, 0.4) is 0 Å². The molecular weight excluding hydrogens is 306 g/mol. The third kappa shape index (κ3) is 4.71. The Morgan fingerprint density at radius 1 is 1.50 bits per heavy atom. The Morgan fingerprint density at radius 2 is 2.11 bits per heavy atom. The van der Waals surface area contributed by atoms with Crippen molar-refractivity contribution in [1.82, 2.24) is 0 Å². The summed E-state index contributed by atoms with van der Waals surface area (Å²) in [7, 11) is 0. The standard InChI is InChI=1S/C11H14BrNO5/c1-6(14)9(13)5-7-2-3-10(8(12)4-7)18-11(15,16)17/h2-4,9,15-17H,5,13H2,1H3/t9-/m0/s1. The number of carbonyl (C=O) groups is 1. The topological polar surface area (TPSA) is 113 Å². The van der Waals surface area contributed by atoms with Crippen molar-refractivity contribution in [2.45, 2.75) is 25.5 Å². The van der Waals surface area contributed by atoms with E-state index in [1.807, 2.05) is 0 Å². The van der Waals surface area contributed by atoms with Crippen LogP contribution in [0.25, 0.3) is 0 Å². The molecule has 6 nitrogen and oxygen atoms in total. The number of hydrogen-bond acceptors (Lipinski definition) is 6. The first-order valence-electron chi connectivity index (χ1n) is 5.09. The van der Waals surface area contributed by atoms with Crippen molar-refractivity contribution in [1.29, 1.82) is 0 Å². The third-order valence-electron chi connectivity index (χ3n) is 2.22. The zero-order chi connectivity index (χ0) is 13.9. The maximum absolute atomic E-state index is 11.0. The van der Waals surface area contributed by atoms with Gasteiger partial charge in [0.2, 0.25) is 0 Å². The summed E-state index contributed by atoms with van der Waals surface area (Å²) in [6, 6.07) is 4.05. The fourth-order valence-corrected chi connectivity index (χ4v) is 1.81. The highest BCUT2D eigenvalue weighted by atomic mass is 79.9. The molecule has 1 atom stereocenters. The maximum Gasteiger partial charge on any atom is 0.453 e. The monoisotopic (exact) mass is 319 g/mol. The fourth-order valence-electron chi connectivity index (χ4n) is 1.30. The average molecular weight is 320 g/mol. The zero-order valence-electron chi connectivity index (χ0n) is 9.63. The average Bonchev–Trinajstić information content (AvgIpc) is 2.20. The van der Waals surface area contributed by atoms with Crippen LogP contribution in [0.2, 0.25) is 0 Å². The summed E-state index contributed by atoms with van der Waals surface area (Å²) in [5.41, 5.74) is 6.40. The van der Waals surface area contributed by atoms with Crippen LogP contribution in [0.15, 0.2) is 22.7 Å². The first-order chi connectivity index (χ1) is 8.19. The van der Waals surface area contributed by atoms with Crippen molar-refractivity contribution < 1.29 is 24.9 Å². The number of carbonyl (C=O) groups excluding carboxylic acids is 1. The summed E-state index contributed by atoms with van der Waals surface area (Å²) in [5.74, 6) is -0.0748. The molecule has 0 aliphatic heterocycles. The molecule has 1 aromatic carbocycles. The van der Waals surface area contributed by atoms with Crippen LogP contribution >= 0.6 is 15.9 Å². The number of rotatable bonds is 5. The number of ketones is 1. The zero-order valence-corrected chi connectivity index (χ0v) is 11.2. The number of halogens is 1. The van der Waals surface area contributed by atoms with Gasteiger partial charge < -0.3 is 25.8 Å². The van der Waals surface area contributed by atoms with E-state index in [0.29, 0.717) is 10.9 Å². The quantitative estimate of drug-likeness (QED) is 0.563. The predicted octanol–water partition coefficient (Wildman–Crippen LogP) is -0.125. The summed E-state index contributed by atoms with van der Waals surface area (Å²) in [6.07, 6.45) is -2.88. The van der Waals surface area contributed by atoms with Crippen molar-refractivity contribution in [2.24, 2.45) is 5.73 Å². The van der Waals surface area contributed by atoms with E-state index in [0.717, 1.165) is 5.56 Å². The van der Waals surface area contributed by atoms with E-state index in [2.05, 4.69) is 20.7 Å². The molecule has 18 heavy (non-hydrogen) atoms. The normalized spacial score (nSPS) is 13.2. The minimum atomic E-state index is -3.24. The summed E-state index contributed by atoms with van der Waals surface area (Å²) < 4.78 is 4.86.